The highest BCUT2D eigenvalue weighted by Gasteiger charge is 2.36. The zero-order chi connectivity index (χ0) is 15.7. The first-order valence-corrected chi connectivity index (χ1v) is 8.37. The van der Waals surface area contributed by atoms with Crippen molar-refractivity contribution in [3.05, 3.63) is 23.3 Å². The molecule has 1 aliphatic rings. The highest BCUT2D eigenvalue weighted by Crippen LogP contribution is 2.26. The molecule has 0 aromatic heterocycles. The van der Waals surface area contributed by atoms with Gasteiger partial charge in [0.1, 0.15) is 0 Å². The molecule has 1 aromatic rings. The topological polar surface area (TPSA) is 102 Å². The quantitative estimate of drug-likeness (QED) is 0.710. The Kier molecular flexibility index (Phi) is 4.57. The summed E-state index contributed by atoms with van der Waals surface area (Å²) in [5.74, 6) is 0. The average molecular weight is 314 g/mol. The van der Waals surface area contributed by atoms with E-state index in [1.54, 1.807) is 6.07 Å². The molecule has 7 heteroatoms. The number of hydrogen-bond donors (Lipinski definition) is 3. The summed E-state index contributed by atoms with van der Waals surface area (Å²) in [6.07, 6.45) is 0.895. The van der Waals surface area contributed by atoms with Crippen LogP contribution in [0.15, 0.2) is 17.0 Å². The molecule has 0 bridgehead atoms. The molecule has 0 atom stereocenters. The van der Waals surface area contributed by atoms with Crippen molar-refractivity contribution in [3.8, 4) is 0 Å². The monoisotopic (exact) mass is 314 g/mol. The zero-order valence-corrected chi connectivity index (χ0v) is 13.2. The maximum absolute atomic E-state index is 12.6. The molecule has 1 aromatic carbocycles. The largest absolute Gasteiger partial charge is 0.398 e. The van der Waals surface area contributed by atoms with Crippen LogP contribution in [0.3, 0.4) is 0 Å². The van der Waals surface area contributed by atoms with Crippen molar-refractivity contribution < 1.29 is 18.3 Å². The fraction of sp³-hybridized carbons (Fsp3) is 0.571. The van der Waals surface area contributed by atoms with E-state index in [4.69, 9.17) is 10.5 Å². The van der Waals surface area contributed by atoms with Gasteiger partial charge in [0.15, 0.2) is 0 Å². The summed E-state index contributed by atoms with van der Waals surface area (Å²) in [5, 5.41) is 9.60. The number of ether oxygens (including phenoxy) is 1. The Morgan fingerprint density at radius 1 is 1.33 bits per heavy atom. The lowest BCUT2D eigenvalue weighted by molar-refractivity contribution is 0.0223. The summed E-state index contributed by atoms with van der Waals surface area (Å²) in [7, 11) is -3.74. The van der Waals surface area contributed by atoms with Crippen LogP contribution < -0.4 is 10.5 Å². The maximum Gasteiger partial charge on any atom is 0.241 e. The average Bonchev–Trinajstić information content (AvgIpc) is 2.44. The van der Waals surface area contributed by atoms with E-state index in [0.717, 1.165) is 11.1 Å². The summed E-state index contributed by atoms with van der Waals surface area (Å²) >= 11 is 0. The molecule has 0 unspecified atom stereocenters. The molecule has 0 saturated carbocycles. The Balaban J connectivity index is 2.33. The highest BCUT2D eigenvalue weighted by atomic mass is 32.2. The lowest BCUT2D eigenvalue weighted by Gasteiger charge is -2.35. The van der Waals surface area contributed by atoms with Crippen LogP contribution in [0, 0.1) is 13.8 Å². The number of rotatable bonds is 4. The van der Waals surface area contributed by atoms with Gasteiger partial charge < -0.3 is 15.6 Å². The summed E-state index contributed by atoms with van der Waals surface area (Å²) in [4.78, 5) is 0.127. The first kappa shape index (κ1) is 16.2. The van der Waals surface area contributed by atoms with Crippen molar-refractivity contribution in [1.29, 1.82) is 0 Å². The number of nitrogen functional groups attached to an aromatic ring is 1. The number of nitrogens with one attached hydrogen (secondary N) is 1. The molecular weight excluding hydrogens is 292 g/mol. The number of aliphatic hydroxyl groups excluding tert-OH is 1. The van der Waals surface area contributed by atoms with E-state index < -0.39 is 15.6 Å². The summed E-state index contributed by atoms with van der Waals surface area (Å²) < 4.78 is 33.0. The fourth-order valence-electron chi connectivity index (χ4n) is 2.41. The molecule has 2 rings (SSSR count). The van der Waals surface area contributed by atoms with Crippen molar-refractivity contribution in [2.45, 2.75) is 37.1 Å². The number of aliphatic hydroxyl groups is 1. The third-order valence-corrected chi connectivity index (χ3v) is 5.65. The van der Waals surface area contributed by atoms with Crippen LogP contribution in [-0.2, 0) is 14.8 Å². The molecule has 6 nitrogen and oxygen atoms in total. The number of anilines is 1. The third-order valence-electron chi connectivity index (χ3n) is 4.09. The molecule has 0 spiro atoms. The van der Waals surface area contributed by atoms with Gasteiger partial charge in [-0.25, -0.2) is 13.1 Å². The second-order valence-electron chi connectivity index (χ2n) is 5.61. The van der Waals surface area contributed by atoms with Gasteiger partial charge in [0.05, 0.1) is 17.0 Å². The van der Waals surface area contributed by atoms with Gasteiger partial charge in [-0.1, -0.05) is 0 Å². The lowest BCUT2D eigenvalue weighted by atomic mass is 9.93. The number of nitrogens with two attached hydrogens (primary N) is 1. The highest BCUT2D eigenvalue weighted by molar-refractivity contribution is 7.89. The predicted octanol–water partition coefficient (Wildman–Crippen LogP) is 0.705. The second-order valence-corrected chi connectivity index (χ2v) is 7.29. The molecule has 0 aliphatic carbocycles. The van der Waals surface area contributed by atoms with Gasteiger partial charge in [-0.15, -0.1) is 0 Å². The number of aryl methyl sites for hydroxylation is 1. The Hall–Kier alpha value is -1.15. The van der Waals surface area contributed by atoms with Crippen molar-refractivity contribution in [2.75, 3.05) is 25.6 Å². The molecule has 0 radical (unpaired) electrons. The SMILES string of the molecule is Cc1cc(S(=O)(=O)NC2(CO)CCOCC2)cc(N)c1C. The minimum absolute atomic E-state index is 0.127. The van der Waals surface area contributed by atoms with Crippen molar-refractivity contribution in [2.24, 2.45) is 0 Å². The van der Waals surface area contributed by atoms with Gasteiger partial charge in [0, 0.05) is 18.9 Å². The summed E-state index contributed by atoms with van der Waals surface area (Å²) in [6.45, 7) is 4.27. The number of sulfonamides is 1. The van der Waals surface area contributed by atoms with Gasteiger partial charge in [0.2, 0.25) is 10.0 Å². The van der Waals surface area contributed by atoms with E-state index >= 15 is 0 Å². The molecule has 1 heterocycles. The van der Waals surface area contributed by atoms with Gasteiger partial charge in [-0.2, -0.15) is 0 Å². The molecule has 1 fully saturated rings. The summed E-state index contributed by atoms with van der Waals surface area (Å²) in [6, 6.07) is 3.05. The predicted molar refractivity (Wildman–Crippen MR) is 80.5 cm³/mol. The van der Waals surface area contributed by atoms with Crippen LogP contribution in [0.1, 0.15) is 24.0 Å². The van der Waals surface area contributed by atoms with E-state index in [0.29, 0.717) is 31.7 Å². The molecule has 1 saturated heterocycles. The standard InChI is InChI=1S/C14H22N2O4S/c1-10-7-12(8-13(15)11(10)2)21(18,19)16-14(9-17)3-5-20-6-4-14/h7-8,16-17H,3-6,9,15H2,1-2H3. The van der Waals surface area contributed by atoms with Crippen LogP contribution in [0.5, 0.6) is 0 Å². The van der Waals surface area contributed by atoms with Crippen molar-refractivity contribution >= 4 is 15.7 Å². The van der Waals surface area contributed by atoms with Gasteiger partial charge in [0.25, 0.3) is 0 Å². The minimum atomic E-state index is -3.74. The fourth-order valence-corrected chi connectivity index (χ4v) is 3.98. The third kappa shape index (κ3) is 3.37. The Labute approximate surface area is 125 Å². The first-order valence-electron chi connectivity index (χ1n) is 6.89. The molecule has 1 aliphatic heterocycles. The zero-order valence-electron chi connectivity index (χ0n) is 12.3. The van der Waals surface area contributed by atoms with Gasteiger partial charge >= 0.3 is 0 Å². The molecular formula is C14H22N2O4S. The number of benzene rings is 1. The van der Waals surface area contributed by atoms with Crippen LogP contribution >= 0.6 is 0 Å². The molecule has 0 amide bonds. The van der Waals surface area contributed by atoms with Gasteiger partial charge in [-0.3, -0.25) is 0 Å². The minimum Gasteiger partial charge on any atom is -0.398 e. The Morgan fingerprint density at radius 2 is 1.95 bits per heavy atom. The first-order chi connectivity index (χ1) is 9.80. The van der Waals surface area contributed by atoms with Crippen LogP contribution in [0.4, 0.5) is 5.69 Å². The Morgan fingerprint density at radius 3 is 2.48 bits per heavy atom. The lowest BCUT2D eigenvalue weighted by Crippen LogP contribution is -2.54. The van der Waals surface area contributed by atoms with E-state index in [-0.39, 0.29) is 11.5 Å². The van der Waals surface area contributed by atoms with Gasteiger partial charge in [-0.05, 0) is 49.9 Å². The van der Waals surface area contributed by atoms with Crippen LogP contribution in [0.2, 0.25) is 0 Å². The Bertz CT molecular complexity index is 599. The maximum atomic E-state index is 12.6. The molecule has 4 N–H and O–H groups in total. The normalized spacial score (nSPS) is 18.6. The summed E-state index contributed by atoms with van der Waals surface area (Å²) in [5.41, 5.74) is 7.14. The molecule has 21 heavy (non-hydrogen) atoms. The van der Waals surface area contributed by atoms with Crippen LogP contribution in [0.25, 0.3) is 0 Å². The van der Waals surface area contributed by atoms with E-state index in [1.807, 2.05) is 13.8 Å². The van der Waals surface area contributed by atoms with Crippen molar-refractivity contribution in [1.82, 2.24) is 4.72 Å². The van der Waals surface area contributed by atoms with E-state index in [1.165, 1.54) is 6.07 Å². The molecule has 118 valence electrons. The van der Waals surface area contributed by atoms with E-state index in [2.05, 4.69) is 4.72 Å². The smallest absolute Gasteiger partial charge is 0.241 e. The second kappa shape index (κ2) is 5.92. The number of hydrogen-bond acceptors (Lipinski definition) is 5. The van der Waals surface area contributed by atoms with Crippen molar-refractivity contribution in [3.63, 3.8) is 0 Å². The van der Waals surface area contributed by atoms with Crippen LogP contribution in [-0.4, -0.2) is 38.9 Å². The van der Waals surface area contributed by atoms with E-state index in [9.17, 15) is 13.5 Å².